The van der Waals surface area contributed by atoms with Crippen LogP contribution in [0.2, 0.25) is 0 Å². The van der Waals surface area contributed by atoms with Crippen LogP contribution >= 0.6 is 0 Å². The monoisotopic (exact) mass is 143 g/mol. The molecule has 2 atom stereocenters. The average molecular weight is 143 g/mol. The fraction of sp³-hybridized carbons (Fsp3) is 1.00. The summed E-state index contributed by atoms with van der Waals surface area (Å²) >= 11 is 0. The number of hydrogen-bond acceptors (Lipinski definition) is 2. The van der Waals surface area contributed by atoms with Crippen LogP contribution in [0.3, 0.4) is 0 Å². The van der Waals surface area contributed by atoms with E-state index in [1.807, 2.05) is 0 Å². The number of aliphatic hydroxyl groups is 1. The van der Waals surface area contributed by atoms with Crippen molar-refractivity contribution in [3.05, 3.63) is 0 Å². The third kappa shape index (κ3) is 1.70. The summed E-state index contributed by atoms with van der Waals surface area (Å²) < 4.78 is 0. The molecule has 0 spiro atoms. The maximum Gasteiger partial charge on any atom is 0.0461 e. The molecule has 0 heterocycles. The van der Waals surface area contributed by atoms with Gasteiger partial charge in [-0.15, -0.1) is 0 Å². The minimum atomic E-state index is 0.366. The Kier molecular flexibility index (Phi) is 3.16. The van der Waals surface area contributed by atoms with Gasteiger partial charge in [0, 0.05) is 6.61 Å². The van der Waals surface area contributed by atoms with Gasteiger partial charge in [-0.25, -0.2) is 0 Å². The molecule has 0 aromatic heterocycles. The lowest BCUT2D eigenvalue weighted by Gasteiger charge is -2.15. The van der Waals surface area contributed by atoms with Gasteiger partial charge in [-0.1, -0.05) is 12.8 Å². The molecule has 0 aromatic carbocycles. The summed E-state index contributed by atoms with van der Waals surface area (Å²) in [6.07, 6.45) is 4.88. The van der Waals surface area contributed by atoms with E-state index in [1.54, 1.807) is 0 Å². The van der Waals surface area contributed by atoms with Crippen molar-refractivity contribution < 1.29 is 5.11 Å². The highest BCUT2D eigenvalue weighted by Crippen LogP contribution is 2.32. The fourth-order valence-corrected chi connectivity index (χ4v) is 1.95. The van der Waals surface area contributed by atoms with Crippen molar-refractivity contribution in [2.75, 3.05) is 13.2 Å². The number of rotatable bonds is 3. The molecule has 2 heteroatoms. The minimum Gasteiger partial charge on any atom is -0.396 e. The highest BCUT2D eigenvalue weighted by atomic mass is 16.3. The second-order valence-electron chi connectivity index (χ2n) is 3.21. The van der Waals surface area contributed by atoms with Gasteiger partial charge in [0.1, 0.15) is 0 Å². The first-order chi connectivity index (χ1) is 4.88. The molecule has 0 bridgehead atoms. The summed E-state index contributed by atoms with van der Waals surface area (Å²) in [7, 11) is 0. The summed E-state index contributed by atoms with van der Waals surface area (Å²) in [6.45, 7) is 1.14. The van der Waals surface area contributed by atoms with Gasteiger partial charge >= 0.3 is 0 Å². The SMILES string of the molecule is NCCC1CCCC1CO. The Morgan fingerprint density at radius 1 is 1.30 bits per heavy atom. The molecule has 1 fully saturated rings. The molecule has 1 rings (SSSR count). The van der Waals surface area contributed by atoms with Gasteiger partial charge in [0.05, 0.1) is 0 Å². The van der Waals surface area contributed by atoms with E-state index >= 15 is 0 Å². The molecule has 0 radical (unpaired) electrons. The molecule has 0 aliphatic heterocycles. The second-order valence-corrected chi connectivity index (χ2v) is 3.21. The lowest BCUT2D eigenvalue weighted by molar-refractivity contribution is 0.191. The van der Waals surface area contributed by atoms with Crippen molar-refractivity contribution in [2.24, 2.45) is 17.6 Å². The van der Waals surface area contributed by atoms with Crippen molar-refractivity contribution in [1.82, 2.24) is 0 Å². The van der Waals surface area contributed by atoms with Gasteiger partial charge in [-0.05, 0) is 31.2 Å². The van der Waals surface area contributed by atoms with E-state index in [0.29, 0.717) is 12.5 Å². The maximum atomic E-state index is 8.92. The second kappa shape index (κ2) is 3.94. The topological polar surface area (TPSA) is 46.2 Å². The molecule has 60 valence electrons. The lowest BCUT2D eigenvalue weighted by atomic mass is 9.94. The first kappa shape index (κ1) is 8.02. The molecule has 0 amide bonds. The van der Waals surface area contributed by atoms with Gasteiger partial charge in [0.2, 0.25) is 0 Å². The van der Waals surface area contributed by atoms with Crippen LogP contribution in [0.25, 0.3) is 0 Å². The van der Waals surface area contributed by atoms with Crippen LogP contribution in [0.1, 0.15) is 25.7 Å². The summed E-state index contributed by atoms with van der Waals surface area (Å²) in [6, 6.07) is 0. The molecule has 2 nitrogen and oxygen atoms in total. The summed E-state index contributed by atoms with van der Waals surface area (Å²) in [5.41, 5.74) is 5.44. The van der Waals surface area contributed by atoms with Crippen molar-refractivity contribution in [3.63, 3.8) is 0 Å². The molecule has 3 N–H and O–H groups in total. The number of nitrogens with two attached hydrogens (primary N) is 1. The standard InChI is InChI=1S/C8H17NO/c9-5-4-7-2-1-3-8(7)6-10/h7-8,10H,1-6,9H2. The van der Waals surface area contributed by atoms with Crippen molar-refractivity contribution in [2.45, 2.75) is 25.7 Å². The number of hydrogen-bond donors (Lipinski definition) is 2. The van der Waals surface area contributed by atoms with Crippen LogP contribution in [-0.2, 0) is 0 Å². The quantitative estimate of drug-likeness (QED) is 0.612. The van der Waals surface area contributed by atoms with E-state index in [-0.39, 0.29) is 0 Å². The van der Waals surface area contributed by atoms with E-state index in [4.69, 9.17) is 10.8 Å². The van der Waals surface area contributed by atoms with E-state index < -0.39 is 0 Å². The largest absolute Gasteiger partial charge is 0.396 e. The zero-order chi connectivity index (χ0) is 7.40. The Hall–Kier alpha value is -0.0800. The number of aliphatic hydroxyl groups excluding tert-OH is 1. The Morgan fingerprint density at radius 3 is 2.60 bits per heavy atom. The highest BCUT2D eigenvalue weighted by molar-refractivity contribution is 4.76. The van der Waals surface area contributed by atoms with Crippen LogP contribution in [-0.4, -0.2) is 18.3 Å². The van der Waals surface area contributed by atoms with Crippen molar-refractivity contribution in [1.29, 1.82) is 0 Å². The van der Waals surface area contributed by atoms with Crippen molar-refractivity contribution >= 4 is 0 Å². The smallest absolute Gasteiger partial charge is 0.0461 e. The van der Waals surface area contributed by atoms with E-state index in [0.717, 1.165) is 18.9 Å². The van der Waals surface area contributed by atoms with E-state index in [2.05, 4.69) is 0 Å². The molecular formula is C8H17NO. The van der Waals surface area contributed by atoms with Gasteiger partial charge in [-0.3, -0.25) is 0 Å². The maximum absolute atomic E-state index is 8.92. The molecule has 2 unspecified atom stereocenters. The molecule has 0 saturated heterocycles. The van der Waals surface area contributed by atoms with Gasteiger partial charge < -0.3 is 10.8 Å². The summed E-state index contributed by atoms with van der Waals surface area (Å²) in [5, 5.41) is 8.92. The minimum absolute atomic E-state index is 0.366. The van der Waals surface area contributed by atoms with E-state index in [1.165, 1.54) is 19.3 Å². The normalized spacial score (nSPS) is 33.0. The Labute approximate surface area is 62.4 Å². The zero-order valence-corrected chi connectivity index (χ0v) is 6.42. The molecule has 0 aromatic rings. The van der Waals surface area contributed by atoms with Crippen LogP contribution in [0.4, 0.5) is 0 Å². The Morgan fingerprint density at radius 2 is 2.00 bits per heavy atom. The highest BCUT2D eigenvalue weighted by Gasteiger charge is 2.25. The van der Waals surface area contributed by atoms with Gasteiger partial charge in [0.25, 0.3) is 0 Å². The molecule has 1 saturated carbocycles. The van der Waals surface area contributed by atoms with Crippen LogP contribution in [0.15, 0.2) is 0 Å². The molecular weight excluding hydrogens is 126 g/mol. The Balaban J connectivity index is 2.27. The van der Waals surface area contributed by atoms with E-state index in [9.17, 15) is 0 Å². The van der Waals surface area contributed by atoms with Gasteiger partial charge in [0.15, 0.2) is 0 Å². The summed E-state index contributed by atoms with van der Waals surface area (Å²) in [4.78, 5) is 0. The average Bonchev–Trinajstić information content (AvgIpc) is 2.36. The first-order valence-corrected chi connectivity index (χ1v) is 4.19. The van der Waals surface area contributed by atoms with Crippen molar-refractivity contribution in [3.8, 4) is 0 Å². The predicted molar refractivity (Wildman–Crippen MR) is 41.6 cm³/mol. The van der Waals surface area contributed by atoms with Crippen LogP contribution in [0.5, 0.6) is 0 Å². The van der Waals surface area contributed by atoms with Crippen LogP contribution in [0, 0.1) is 11.8 Å². The Bertz CT molecular complexity index is 95.3. The molecule has 1 aliphatic rings. The lowest BCUT2D eigenvalue weighted by Crippen LogP contribution is -2.15. The third-order valence-electron chi connectivity index (χ3n) is 2.59. The summed E-state index contributed by atoms with van der Waals surface area (Å²) in [5.74, 6) is 1.28. The molecule has 10 heavy (non-hydrogen) atoms. The molecule has 1 aliphatic carbocycles. The third-order valence-corrected chi connectivity index (χ3v) is 2.59. The van der Waals surface area contributed by atoms with Crippen LogP contribution < -0.4 is 5.73 Å². The van der Waals surface area contributed by atoms with Gasteiger partial charge in [-0.2, -0.15) is 0 Å². The predicted octanol–water partition coefficient (Wildman–Crippen LogP) is 0.744. The first-order valence-electron chi connectivity index (χ1n) is 4.19. The fourth-order valence-electron chi connectivity index (χ4n) is 1.95. The zero-order valence-electron chi connectivity index (χ0n) is 6.42.